The number of rotatable bonds is 3. The van der Waals surface area contributed by atoms with Gasteiger partial charge in [0.05, 0.1) is 21.5 Å². The van der Waals surface area contributed by atoms with Crippen LogP contribution in [0.2, 0.25) is 10.0 Å². The number of nitrogens with one attached hydrogen (secondary N) is 1. The second-order valence-corrected chi connectivity index (χ2v) is 6.64. The molecule has 0 saturated heterocycles. The van der Waals surface area contributed by atoms with Crippen molar-refractivity contribution in [1.29, 1.82) is 0 Å². The maximum absolute atomic E-state index is 12.7. The Morgan fingerprint density at radius 1 is 1.08 bits per heavy atom. The van der Waals surface area contributed by atoms with Crippen LogP contribution in [-0.2, 0) is 0 Å². The molecule has 0 atom stereocenters. The third-order valence-electron chi connectivity index (χ3n) is 3.71. The maximum atomic E-state index is 12.7. The van der Waals surface area contributed by atoms with Gasteiger partial charge in [-0.3, -0.25) is 9.59 Å². The van der Waals surface area contributed by atoms with Crippen LogP contribution in [-0.4, -0.2) is 15.7 Å². The minimum atomic E-state index is -0.427. The lowest BCUT2D eigenvalue weighted by molar-refractivity contribution is 0.102. The first-order chi connectivity index (χ1) is 11.9. The summed E-state index contributed by atoms with van der Waals surface area (Å²) >= 11 is 11.9. The van der Waals surface area contributed by atoms with E-state index in [4.69, 9.17) is 23.2 Å². The van der Waals surface area contributed by atoms with Crippen LogP contribution in [0.1, 0.15) is 30.4 Å². The molecule has 0 spiro atoms. The van der Waals surface area contributed by atoms with Crippen molar-refractivity contribution in [3.8, 4) is 0 Å². The van der Waals surface area contributed by atoms with Crippen molar-refractivity contribution in [2.75, 3.05) is 5.32 Å². The minimum Gasteiger partial charge on any atom is -0.321 e. The average Bonchev–Trinajstić information content (AvgIpc) is 2.58. The van der Waals surface area contributed by atoms with Crippen LogP contribution in [0.4, 0.5) is 5.69 Å². The van der Waals surface area contributed by atoms with Gasteiger partial charge in [-0.1, -0.05) is 41.4 Å². The van der Waals surface area contributed by atoms with Crippen molar-refractivity contribution in [2.24, 2.45) is 0 Å². The molecule has 1 N–H and O–H groups in total. The third kappa shape index (κ3) is 3.38. The van der Waals surface area contributed by atoms with E-state index in [-0.39, 0.29) is 17.3 Å². The summed E-state index contributed by atoms with van der Waals surface area (Å²) in [6.45, 7) is 3.67. The molecular weight excluding hydrogens is 361 g/mol. The number of carbonyl (C=O) groups is 1. The highest BCUT2D eigenvalue weighted by Gasteiger charge is 2.18. The van der Waals surface area contributed by atoms with Crippen LogP contribution in [0.25, 0.3) is 10.8 Å². The first-order valence-corrected chi connectivity index (χ1v) is 8.42. The number of nitrogens with zero attached hydrogens (tertiary/aromatic N) is 2. The summed E-state index contributed by atoms with van der Waals surface area (Å²) in [6.07, 6.45) is 0. The number of benzene rings is 2. The zero-order valence-electron chi connectivity index (χ0n) is 13.6. The van der Waals surface area contributed by atoms with E-state index in [1.807, 2.05) is 13.8 Å². The zero-order valence-corrected chi connectivity index (χ0v) is 15.1. The highest BCUT2D eigenvalue weighted by molar-refractivity contribution is 6.42. The van der Waals surface area contributed by atoms with E-state index >= 15 is 0 Å². The summed E-state index contributed by atoms with van der Waals surface area (Å²) in [6, 6.07) is 11.5. The van der Waals surface area contributed by atoms with Gasteiger partial charge in [-0.2, -0.15) is 5.10 Å². The lowest BCUT2D eigenvalue weighted by Gasteiger charge is -2.13. The molecule has 0 aliphatic rings. The van der Waals surface area contributed by atoms with Crippen LogP contribution in [0.15, 0.2) is 47.3 Å². The predicted molar refractivity (Wildman–Crippen MR) is 101 cm³/mol. The Kier molecular flexibility index (Phi) is 4.79. The Hall–Kier alpha value is -2.37. The van der Waals surface area contributed by atoms with Gasteiger partial charge in [0.2, 0.25) is 0 Å². The lowest BCUT2D eigenvalue weighted by atomic mass is 10.1. The van der Waals surface area contributed by atoms with Gasteiger partial charge in [-0.05, 0) is 38.1 Å². The molecule has 0 bridgehead atoms. The number of carbonyl (C=O) groups excluding carboxylic acids is 1. The molecule has 0 fully saturated rings. The molecule has 0 aliphatic heterocycles. The van der Waals surface area contributed by atoms with Crippen molar-refractivity contribution in [3.63, 3.8) is 0 Å². The molecule has 1 aromatic heterocycles. The summed E-state index contributed by atoms with van der Waals surface area (Å²) in [4.78, 5) is 25.3. The van der Waals surface area contributed by atoms with E-state index in [9.17, 15) is 9.59 Å². The van der Waals surface area contributed by atoms with Gasteiger partial charge >= 0.3 is 0 Å². The Morgan fingerprint density at radius 3 is 2.40 bits per heavy atom. The fraction of sp³-hybridized carbons (Fsp3) is 0.167. The average molecular weight is 376 g/mol. The summed E-state index contributed by atoms with van der Waals surface area (Å²) in [5.74, 6) is -0.427. The van der Waals surface area contributed by atoms with Crippen LogP contribution in [0.5, 0.6) is 0 Å². The first kappa shape index (κ1) is 17.5. The zero-order chi connectivity index (χ0) is 18.1. The molecule has 2 aromatic carbocycles. The van der Waals surface area contributed by atoms with E-state index in [0.29, 0.717) is 26.5 Å². The van der Waals surface area contributed by atoms with Gasteiger partial charge < -0.3 is 5.32 Å². The molecular formula is C18H15Cl2N3O2. The Bertz CT molecular complexity index is 1030. The number of hydrogen-bond acceptors (Lipinski definition) is 3. The summed E-state index contributed by atoms with van der Waals surface area (Å²) in [7, 11) is 0. The number of aromatic nitrogens is 2. The van der Waals surface area contributed by atoms with E-state index in [1.165, 1.54) is 4.68 Å². The lowest BCUT2D eigenvalue weighted by Crippen LogP contribution is -2.28. The van der Waals surface area contributed by atoms with Crippen molar-refractivity contribution in [1.82, 2.24) is 9.78 Å². The second kappa shape index (κ2) is 6.86. The molecule has 7 heteroatoms. The molecule has 5 nitrogen and oxygen atoms in total. The third-order valence-corrected chi connectivity index (χ3v) is 4.45. The summed E-state index contributed by atoms with van der Waals surface area (Å²) < 4.78 is 1.31. The van der Waals surface area contributed by atoms with Gasteiger partial charge in [0, 0.05) is 11.1 Å². The largest absolute Gasteiger partial charge is 0.321 e. The first-order valence-electron chi connectivity index (χ1n) is 7.66. The molecule has 3 aromatic rings. The van der Waals surface area contributed by atoms with E-state index < -0.39 is 5.91 Å². The number of hydrogen-bond donors (Lipinski definition) is 1. The van der Waals surface area contributed by atoms with Crippen molar-refractivity contribution >= 4 is 45.6 Å². The molecule has 25 heavy (non-hydrogen) atoms. The highest BCUT2D eigenvalue weighted by Crippen LogP contribution is 2.25. The van der Waals surface area contributed by atoms with Gasteiger partial charge in [0.15, 0.2) is 5.69 Å². The summed E-state index contributed by atoms with van der Waals surface area (Å²) in [5, 5.41) is 8.70. The molecule has 0 unspecified atom stereocenters. The van der Waals surface area contributed by atoms with Crippen molar-refractivity contribution in [2.45, 2.75) is 19.9 Å². The van der Waals surface area contributed by atoms with Gasteiger partial charge in [-0.25, -0.2) is 4.68 Å². The van der Waals surface area contributed by atoms with Gasteiger partial charge in [0.25, 0.3) is 11.5 Å². The molecule has 1 amide bonds. The van der Waals surface area contributed by atoms with Crippen LogP contribution in [0, 0.1) is 0 Å². The molecule has 3 rings (SSSR count). The topological polar surface area (TPSA) is 64.0 Å². The van der Waals surface area contributed by atoms with E-state index in [1.54, 1.807) is 42.5 Å². The van der Waals surface area contributed by atoms with E-state index in [0.717, 1.165) is 0 Å². The highest BCUT2D eigenvalue weighted by atomic mass is 35.5. The number of fused-ring (bicyclic) bond motifs is 1. The summed E-state index contributed by atoms with van der Waals surface area (Å²) in [5.41, 5.74) is 0.444. The predicted octanol–water partition coefficient (Wildman–Crippen LogP) is 4.54. The molecule has 0 radical (unpaired) electrons. The quantitative estimate of drug-likeness (QED) is 0.730. The Balaban J connectivity index is 2.10. The van der Waals surface area contributed by atoms with Crippen molar-refractivity contribution < 1.29 is 4.79 Å². The SMILES string of the molecule is CC(C)n1nc(C(=O)Nc2ccc(Cl)c(Cl)c2)c2ccccc2c1=O. The number of anilines is 1. The van der Waals surface area contributed by atoms with Crippen molar-refractivity contribution in [3.05, 3.63) is 68.6 Å². The van der Waals surface area contributed by atoms with Gasteiger partial charge in [-0.15, -0.1) is 0 Å². The fourth-order valence-electron chi connectivity index (χ4n) is 2.49. The number of amides is 1. The molecule has 1 heterocycles. The fourth-order valence-corrected chi connectivity index (χ4v) is 2.79. The van der Waals surface area contributed by atoms with Crippen LogP contribution < -0.4 is 10.9 Å². The Labute approximate surface area is 154 Å². The second-order valence-electron chi connectivity index (χ2n) is 5.82. The normalized spacial score (nSPS) is 11.1. The van der Waals surface area contributed by atoms with Crippen LogP contribution in [0.3, 0.4) is 0 Å². The van der Waals surface area contributed by atoms with Gasteiger partial charge in [0.1, 0.15) is 0 Å². The monoisotopic (exact) mass is 375 g/mol. The molecule has 0 saturated carbocycles. The molecule has 0 aliphatic carbocycles. The van der Waals surface area contributed by atoms with E-state index in [2.05, 4.69) is 10.4 Å². The Morgan fingerprint density at radius 2 is 1.76 bits per heavy atom. The maximum Gasteiger partial charge on any atom is 0.276 e. The van der Waals surface area contributed by atoms with Crippen LogP contribution >= 0.6 is 23.2 Å². The number of halogens is 2. The minimum absolute atomic E-state index is 0.173. The smallest absolute Gasteiger partial charge is 0.276 e. The standard InChI is InChI=1S/C18H15Cl2N3O2/c1-10(2)23-18(25)13-6-4-3-5-12(13)16(22-23)17(24)21-11-7-8-14(19)15(20)9-11/h3-10H,1-2H3,(H,21,24). The molecule has 128 valence electrons.